The van der Waals surface area contributed by atoms with Crippen LogP contribution in [0.1, 0.15) is 51.6 Å². The van der Waals surface area contributed by atoms with Gasteiger partial charge in [0.15, 0.2) is 0 Å². The van der Waals surface area contributed by atoms with E-state index in [0.717, 1.165) is 5.56 Å². The third kappa shape index (κ3) is 4.01. The second kappa shape index (κ2) is 7.43. The van der Waals surface area contributed by atoms with Crippen LogP contribution >= 0.6 is 11.6 Å². The number of ether oxygens (including phenoxy) is 1. The Morgan fingerprint density at radius 3 is 2.46 bits per heavy atom. The summed E-state index contributed by atoms with van der Waals surface area (Å²) in [4.78, 5) is 25.5. The van der Waals surface area contributed by atoms with Crippen molar-refractivity contribution < 1.29 is 14.3 Å². The number of hydrogen-bond acceptors (Lipinski definition) is 3. The fraction of sp³-hybridized carbons (Fsp3) is 0.556. The second-order valence-electron chi connectivity index (χ2n) is 6.72. The van der Waals surface area contributed by atoms with Gasteiger partial charge in [-0.1, -0.05) is 37.6 Å². The van der Waals surface area contributed by atoms with Crippen LogP contribution in [0.15, 0.2) is 24.3 Å². The van der Waals surface area contributed by atoms with E-state index in [1.54, 1.807) is 4.90 Å². The molecule has 2 N–H and O–H groups in total. The number of benzene rings is 1. The predicted molar refractivity (Wildman–Crippen MR) is 93.7 cm³/mol. The van der Waals surface area contributed by atoms with Gasteiger partial charge in [-0.2, -0.15) is 0 Å². The SMILES string of the molecule is CC(C)C1(CCC(N)=O)CCN([C@@H](C)c2ccc(Cl)cc2)C(=O)O1. The third-order valence-electron chi connectivity index (χ3n) is 4.97. The first-order valence-corrected chi connectivity index (χ1v) is 8.66. The molecule has 6 heteroatoms. The van der Waals surface area contributed by atoms with E-state index in [0.29, 0.717) is 24.4 Å². The summed E-state index contributed by atoms with van der Waals surface area (Å²) < 4.78 is 5.82. The molecule has 0 aromatic heterocycles. The average Bonchev–Trinajstić information content (AvgIpc) is 2.53. The van der Waals surface area contributed by atoms with Crippen LogP contribution in [0.25, 0.3) is 0 Å². The summed E-state index contributed by atoms with van der Waals surface area (Å²) in [5.74, 6) is -0.253. The topological polar surface area (TPSA) is 72.6 Å². The molecule has 1 aliphatic rings. The van der Waals surface area contributed by atoms with Crippen LogP contribution < -0.4 is 5.73 Å². The molecule has 0 spiro atoms. The van der Waals surface area contributed by atoms with Crippen molar-refractivity contribution in [2.24, 2.45) is 11.7 Å². The summed E-state index contributed by atoms with van der Waals surface area (Å²) in [7, 11) is 0. The standard InChI is InChI=1S/C18H25ClN2O3/c1-12(2)18(9-8-16(20)22)10-11-21(17(23)24-18)13(3)14-4-6-15(19)7-5-14/h4-7,12-13H,8-11H2,1-3H3,(H2,20,22)/t13-,18?/m0/s1. The first kappa shape index (κ1) is 18.6. The maximum atomic E-state index is 12.6. The number of nitrogens with zero attached hydrogens (tertiary/aromatic N) is 1. The summed E-state index contributed by atoms with van der Waals surface area (Å²) in [6, 6.07) is 7.35. The number of primary amides is 1. The van der Waals surface area contributed by atoms with Gasteiger partial charge in [-0.15, -0.1) is 0 Å². The van der Waals surface area contributed by atoms with Gasteiger partial charge in [0.1, 0.15) is 5.60 Å². The number of hydrogen-bond donors (Lipinski definition) is 1. The Hall–Kier alpha value is -1.75. The van der Waals surface area contributed by atoms with Crippen molar-refractivity contribution >= 4 is 23.6 Å². The zero-order chi connectivity index (χ0) is 17.9. The monoisotopic (exact) mass is 352 g/mol. The smallest absolute Gasteiger partial charge is 0.410 e. The average molecular weight is 353 g/mol. The van der Waals surface area contributed by atoms with E-state index in [9.17, 15) is 9.59 Å². The molecule has 1 aromatic carbocycles. The van der Waals surface area contributed by atoms with Crippen molar-refractivity contribution in [3.05, 3.63) is 34.9 Å². The van der Waals surface area contributed by atoms with Crippen LogP contribution in [0.2, 0.25) is 5.02 Å². The molecule has 1 aromatic rings. The van der Waals surface area contributed by atoms with E-state index in [2.05, 4.69) is 0 Å². The molecule has 2 atom stereocenters. The Kier molecular flexibility index (Phi) is 5.75. The molecule has 2 amide bonds. The second-order valence-corrected chi connectivity index (χ2v) is 7.16. The maximum absolute atomic E-state index is 12.6. The van der Waals surface area contributed by atoms with Gasteiger partial charge < -0.3 is 15.4 Å². The van der Waals surface area contributed by atoms with Crippen molar-refractivity contribution in [1.82, 2.24) is 4.90 Å². The van der Waals surface area contributed by atoms with E-state index in [1.165, 1.54) is 0 Å². The van der Waals surface area contributed by atoms with Crippen molar-refractivity contribution in [3.8, 4) is 0 Å². The minimum Gasteiger partial charge on any atom is -0.442 e. The largest absolute Gasteiger partial charge is 0.442 e. The molecule has 5 nitrogen and oxygen atoms in total. The van der Waals surface area contributed by atoms with Gasteiger partial charge in [0, 0.05) is 24.4 Å². The highest BCUT2D eigenvalue weighted by Crippen LogP contribution is 2.37. The predicted octanol–water partition coefficient (Wildman–Crippen LogP) is 3.90. The van der Waals surface area contributed by atoms with Gasteiger partial charge in [0.2, 0.25) is 5.91 Å². The molecule has 0 aliphatic carbocycles. The Bertz CT molecular complexity index is 603. The number of amides is 2. The van der Waals surface area contributed by atoms with E-state index in [-0.39, 0.29) is 30.4 Å². The van der Waals surface area contributed by atoms with Crippen LogP contribution in [-0.2, 0) is 9.53 Å². The molecule has 1 heterocycles. The Morgan fingerprint density at radius 1 is 1.33 bits per heavy atom. The lowest BCUT2D eigenvalue weighted by Crippen LogP contribution is -2.53. The number of rotatable bonds is 6. The van der Waals surface area contributed by atoms with Crippen LogP contribution in [0.5, 0.6) is 0 Å². The number of carbonyl (C=O) groups is 2. The maximum Gasteiger partial charge on any atom is 0.410 e. The quantitative estimate of drug-likeness (QED) is 0.843. The fourth-order valence-electron chi connectivity index (χ4n) is 3.16. The summed E-state index contributed by atoms with van der Waals surface area (Å²) in [6.07, 6.45) is 1.02. The Balaban J connectivity index is 2.11. The molecule has 132 valence electrons. The lowest BCUT2D eigenvalue weighted by atomic mass is 9.81. The number of nitrogens with two attached hydrogens (primary N) is 1. The molecule has 0 radical (unpaired) electrons. The molecule has 1 aliphatic heterocycles. The lowest BCUT2D eigenvalue weighted by molar-refractivity contribution is -0.122. The number of carbonyl (C=O) groups excluding carboxylic acids is 2. The highest BCUT2D eigenvalue weighted by molar-refractivity contribution is 6.30. The highest BCUT2D eigenvalue weighted by atomic mass is 35.5. The molecule has 0 saturated carbocycles. The first-order chi connectivity index (χ1) is 11.2. The zero-order valence-corrected chi connectivity index (χ0v) is 15.2. The molecule has 2 rings (SSSR count). The minimum absolute atomic E-state index is 0.101. The van der Waals surface area contributed by atoms with Crippen molar-refractivity contribution in [3.63, 3.8) is 0 Å². The summed E-state index contributed by atoms with van der Waals surface area (Å²) >= 11 is 5.92. The van der Waals surface area contributed by atoms with Gasteiger partial charge in [-0.3, -0.25) is 4.79 Å². The Labute approximate surface area is 148 Å². The van der Waals surface area contributed by atoms with Crippen LogP contribution in [0.4, 0.5) is 4.79 Å². The van der Waals surface area contributed by atoms with E-state index in [1.807, 2.05) is 45.0 Å². The summed E-state index contributed by atoms with van der Waals surface area (Å²) in [5.41, 5.74) is 5.65. The van der Waals surface area contributed by atoms with Gasteiger partial charge >= 0.3 is 6.09 Å². The van der Waals surface area contributed by atoms with Gasteiger partial charge in [-0.25, -0.2) is 4.79 Å². The van der Waals surface area contributed by atoms with Crippen LogP contribution in [-0.4, -0.2) is 29.0 Å². The number of cyclic esters (lactones) is 1. The van der Waals surface area contributed by atoms with E-state index < -0.39 is 5.60 Å². The molecule has 0 bridgehead atoms. The van der Waals surface area contributed by atoms with E-state index >= 15 is 0 Å². The van der Waals surface area contributed by atoms with Gasteiger partial charge in [-0.05, 0) is 37.0 Å². The first-order valence-electron chi connectivity index (χ1n) is 8.28. The van der Waals surface area contributed by atoms with Gasteiger partial charge in [0.05, 0.1) is 6.04 Å². The van der Waals surface area contributed by atoms with Gasteiger partial charge in [0.25, 0.3) is 0 Å². The third-order valence-corrected chi connectivity index (χ3v) is 5.22. The van der Waals surface area contributed by atoms with Crippen LogP contribution in [0.3, 0.4) is 0 Å². The normalized spacial score (nSPS) is 22.4. The zero-order valence-electron chi connectivity index (χ0n) is 14.4. The molecular formula is C18H25ClN2O3. The van der Waals surface area contributed by atoms with Crippen molar-refractivity contribution in [2.75, 3.05) is 6.54 Å². The van der Waals surface area contributed by atoms with Crippen molar-refractivity contribution in [1.29, 1.82) is 0 Å². The fourth-order valence-corrected chi connectivity index (χ4v) is 3.29. The molecule has 1 fully saturated rings. The molecule has 1 unspecified atom stereocenters. The minimum atomic E-state index is -0.623. The lowest BCUT2D eigenvalue weighted by Gasteiger charge is -2.45. The van der Waals surface area contributed by atoms with Crippen molar-refractivity contribution in [2.45, 2.75) is 51.7 Å². The van der Waals surface area contributed by atoms with Crippen LogP contribution in [0, 0.1) is 5.92 Å². The molecule has 1 saturated heterocycles. The Morgan fingerprint density at radius 2 is 1.96 bits per heavy atom. The summed E-state index contributed by atoms with van der Waals surface area (Å²) in [6.45, 7) is 6.56. The number of halogens is 1. The molecular weight excluding hydrogens is 328 g/mol. The highest BCUT2D eigenvalue weighted by Gasteiger charge is 2.44. The summed E-state index contributed by atoms with van der Waals surface area (Å²) in [5, 5.41) is 0.664. The van der Waals surface area contributed by atoms with E-state index in [4.69, 9.17) is 22.1 Å². The molecule has 24 heavy (non-hydrogen) atoms.